The molecular weight excluding hydrogens is 212 g/mol. The van der Waals surface area contributed by atoms with Crippen molar-refractivity contribution in [2.24, 2.45) is 5.92 Å². The second-order valence-corrected chi connectivity index (χ2v) is 4.82. The number of piperidine rings is 1. The van der Waals surface area contributed by atoms with Crippen LogP contribution in [0.3, 0.4) is 0 Å². The number of aromatic nitrogens is 1. The van der Waals surface area contributed by atoms with Crippen molar-refractivity contribution >= 4 is 5.78 Å². The Morgan fingerprint density at radius 1 is 1.53 bits per heavy atom. The molecule has 17 heavy (non-hydrogen) atoms. The highest BCUT2D eigenvalue weighted by atomic mass is 16.1. The Labute approximate surface area is 103 Å². The molecule has 2 rings (SSSR count). The fourth-order valence-electron chi connectivity index (χ4n) is 2.41. The lowest BCUT2D eigenvalue weighted by molar-refractivity contribution is -0.122. The first-order valence-corrected chi connectivity index (χ1v) is 6.38. The van der Waals surface area contributed by atoms with Crippen molar-refractivity contribution in [1.82, 2.24) is 9.88 Å². The van der Waals surface area contributed by atoms with Crippen molar-refractivity contribution in [2.45, 2.75) is 26.2 Å². The summed E-state index contributed by atoms with van der Waals surface area (Å²) >= 11 is 0. The summed E-state index contributed by atoms with van der Waals surface area (Å²) in [5.74, 6) is 0.597. The molecule has 0 amide bonds. The number of likely N-dealkylation sites (tertiary alicyclic amines) is 1. The molecule has 1 atom stereocenters. The summed E-state index contributed by atoms with van der Waals surface area (Å²) in [4.78, 5) is 18.1. The van der Waals surface area contributed by atoms with Crippen molar-refractivity contribution in [2.75, 3.05) is 19.6 Å². The Hall–Kier alpha value is -1.22. The Morgan fingerprint density at radius 3 is 3.12 bits per heavy atom. The smallest absolute Gasteiger partial charge is 0.134 e. The molecular formula is C14H20N2O. The standard InChI is InChI=1S/C14H20N2O/c1-12(17)13-5-4-9-16(11-13)10-7-14-6-2-3-8-15-14/h2-3,6,8,13H,4-5,7,9-11H2,1H3. The zero-order valence-electron chi connectivity index (χ0n) is 10.4. The number of hydrogen-bond donors (Lipinski definition) is 0. The summed E-state index contributed by atoms with van der Waals surface area (Å²) in [7, 11) is 0. The van der Waals surface area contributed by atoms with E-state index < -0.39 is 0 Å². The number of ketones is 1. The summed E-state index contributed by atoms with van der Waals surface area (Å²) in [6.07, 6.45) is 5.03. The highest BCUT2D eigenvalue weighted by molar-refractivity contribution is 5.78. The molecule has 1 saturated heterocycles. The Balaban J connectivity index is 1.81. The minimum Gasteiger partial charge on any atom is -0.302 e. The molecule has 1 fully saturated rings. The van der Waals surface area contributed by atoms with Gasteiger partial charge in [0.05, 0.1) is 0 Å². The van der Waals surface area contributed by atoms with E-state index in [0.717, 1.165) is 44.6 Å². The second-order valence-electron chi connectivity index (χ2n) is 4.82. The second kappa shape index (κ2) is 5.92. The van der Waals surface area contributed by atoms with Gasteiger partial charge in [-0.1, -0.05) is 6.07 Å². The zero-order valence-corrected chi connectivity index (χ0v) is 10.4. The summed E-state index contributed by atoms with van der Waals surface area (Å²) in [6.45, 7) is 4.78. The van der Waals surface area contributed by atoms with E-state index in [4.69, 9.17) is 0 Å². The summed E-state index contributed by atoms with van der Waals surface area (Å²) < 4.78 is 0. The number of pyridine rings is 1. The van der Waals surface area contributed by atoms with Crippen molar-refractivity contribution < 1.29 is 4.79 Å². The van der Waals surface area contributed by atoms with Crippen LogP contribution in [-0.2, 0) is 11.2 Å². The molecule has 0 spiro atoms. The topological polar surface area (TPSA) is 33.2 Å². The minimum absolute atomic E-state index is 0.257. The normalized spacial score (nSPS) is 21.4. The molecule has 1 unspecified atom stereocenters. The Kier molecular flexibility index (Phi) is 4.26. The molecule has 92 valence electrons. The van der Waals surface area contributed by atoms with Crippen LogP contribution in [0.2, 0.25) is 0 Å². The zero-order chi connectivity index (χ0) is 12.1. The first kappa shape index (κ1) is 12.2. The van der Waals surface area contributed by atoms with Crippen molar-refractivity contribution in [3.05, 3.63) is 30.1 Å². The van der Waals surface area contributed by atoms with Gasteiger partial charge in [0.1, 0.15) is 5.78 Å². The molecule has 2 heterocycles. The monoisotopic (exact) mass is 232 g/mol. The van der Waals surface area contributed by atoms with Gasteiger partial charge in [-0.15, -0.1) is 0 Å². The van der Waals surface area contributed by atoms with Crippen LogP contribution in [0.4, 0.5) is 0 Å². The minimum atomic E-state index is 0.257. The molecule has 0 saturated carbocycles. The van der Waals surface area contributed by atoms with E-state index in [1.165, 1.54) is 0 Å². The Morgan fingerprint density at radius 2 is 2.41 bits per heavy atom. The third-order valence-corrected chi connectivity index (χ3v) is 3.49. The largest absolute Gasteiger partial charge is 0.302 e. The first-order chi connectivity index (χ1) is 8.25. The lowest BCUT2D eigenvalue weighted by Gasteiger charge is -2.31. The molecule has 1 aromatic rings. The third kappa shape index (κ3) is 3.63. The van der Waals surface area contributed by atoms with E-state index in [2.05, 4.69) is 16.0 Å². The molecule has 3 heteroatoms. The van der Waals surface area contributed by atoms with Gasteiger partial charge in [-0.25, -0.2) is 0 Å². The van der Waals surface area contributed by atoms with E-state index in [0.29, 0.717) is 5.78 Å². The fourth-order valence-corrected chi connectivity index (χ4v) is 2.41. The molecule has 1 aliphatic heterocycles. The van der Waals surface area contributed by atoms with Crippen molar-refractivity contribution in [3.8, 4) is 0 Å². The van der Waals surface area contributed by atoms with Gasteiger partial charge in [-0.05, 0) is 38.4 Å². The van der Waals surface area contributed by atoms with Crippen molar-refractivity contribution in [3.63, 3.8) is 0 Å². The van der Waals surface area contributed by atoms with E-state index in [1.54, 1.807) is 6.92 Å². The van der Waals surface area contributed by atoms with Gasteiger partial charge in [0, 0.05) is 37.3 Å². The van der Waals surface area contributed by atoms with Gasteiger partial charge in [0.2, 0.25) is 0 Å². The van der Waals surface area contributed by atoms with Crippen LogP contribution in [0.25, 0.3) is 0 Å². The van der Waals surface area contributed by atoms with Crippen LogP contribution in [0.5, 0.6) is 0 Å². The number of carbonyl (C=O) groups is 1. The predicted octanol–water partition coefficient (Wildman–Crippen LogP) is 1.93. The lowest BCUT2D eigenvalue weighted by Crippen LogP contribution is -2.39. The molecule has 0 N–H and O–H groups in total. The maximum atomic E-state index is 11.4. The van der Waals surface area contributed by atoms with Gasteiger partial charge >= 0.3 is 0 Å². The van der Waals surface area contributed by atoms with Crippen LogP contribution in [0, 0.1) is 5.92 Å². The predicted molar refractivity (Wildman–Crippen MR) is 67.8 cm³/mol. The van der Waals surface area contributed by atoms with Gasteiger partial charge in [0.25, 0.3) is 0 Å². The summed E-state index contributed by atoms with van der Waals surface area (Å²) in [6, 6.07) is 6.03. The van der Waals surface area contributed by atoms with E-state index in [1.807, 2.05) is 18.3 Å². The van der Waals surface area contributed by atoms with E-state index >= 15 is 0 Å². The molecule has 3 nitrogen and oxygen atoms in total. The van der Waals surface area contributed by atoms with Crippen LogP contribution in [0.1, 0.15) is 25.5 Å². The molecule has 0 radical (unpaired) electrons. The highest BCUT2D eigenvalue weighted by Gasteiger charge is 2.22. The first-order valence-electron chi connectivity index (χ1n) is 6.38. The molecule has 0 aromatic carbocycles. The van der Waals surface area contributed by atoms with Crippen LogP contribution < -0.4 is 0 Å². The summed E-state index contributed by atoms with van der Waals surface area (Å²) in [5, 5.41) is 0. The number of carbonyl (C=O) groups excluding carboxylic acids is 1. The molecule has 0 aliphatic carbocycles. The van der Waals surface area contributed by atoms with Gasteiger partial charge in [-0.3, -0.25) is 9.78 Å². The van der Waals surface area contributed by atoms with E-state index in [-0.39, 0.29) is 5.92 Å². The van der Waals surface area contributed by atoms with Gasteiger partial charge < -0.3 is 4.90 Å². The van der Waals surface area contributed by atoms with Crippen LogP contribution in [0.15, 0.2) is 24.4 Å². The molecule has 1 aromatic heterocycles. The third-order valence-electron chi connectivity index (χ3n) is 3.49. The van der Waals surface area contributed by atoms with Crippen molar-refractivity contribution in [1.29, 1.82) is 0 Å². The van der Waals surface area contributed by atoms with Crippen LogP contribution >= 0.6 is 0 Å². The molecule has 0 bridgehead atoms. The number of Topliss-reactive ketones (excluding diaryl/α,β-unsaturated/α-hetero) is 1. The number of rotatable bonds is 4. The lowest BCUT2D eigenvalue weighted by atomic mass is 9.94. The number of hydrogen-bond acceptors (Lipinski definition) is 3. The average molecular weight is 232 g/mol. The van der Waals surface area contributed by atoms with Crippen LogP contribution in [-0.4, -0.2) is 35.3 Å². The van der Waals surface area contributed by atoms with Gasteiger partial charge in [0.15, 0.2) is 0 Å². The van der Waals surface area contributed by atoms with E-state index in [9.17, 15) is 4.79 Å². The molecule has 1 aliphatic rings. The maximum absolute atomic E-state index is 11.4. The Bertz CT molecular complexity index is 364. The fraction of sp³-hybridized carbons (Fsp3) is 0.571. The maximum Gasteiger partial charge on any atom is 0.134 e. The summed E-state index contributed by atoms with van der Waals surface area (Å²) in [5.41, 5.74) is 1.14. The average Bonchev–Trinajstić information content (AvgIpc) is 2.38. The highest BCUT2D eigenvalue weighted by Crippen LogP contribution is 2.17. The SMILES string of the molecule is CC(=O)C1CCCN(CCc2ccccn2)C1. The quantitative estimate of drug-likeness (QED) is 0.795. The number of nitrogens with zero attached hydrogens (tertiary/aromatic N) is 2. The van der Waals surface area contributed by atoms with Gasteiger partial charge in [-0.2, -0.15) is 0 Å².